The Labute approximate surface area is 130 Å². The molecule has 1 aliphatic heterocycles. The highest BCUT2D eigenvalue weighted by Gasteiger charge is 2.36. The number of nitrogens with one attached hydrogen (secondary N) is 1. The van der Waals surface area contributed by atoms with Crippen LogP contribution in [0, 0.1) is 5.82 Å². The maximum absolute atomic E-state index is 13.1. The summed E-state index contributed by atoms with van der Waals surface area (Å²) in [6, 6.07) is 6.13. The van der Waals surface area contributed by atoms with Gasteiger partial charge in [0.1, 0.15) is 5.82 Å². The average molecular weight is 306 g/mol. The third-order valence-corrected chi connectivity index (χ3v) is 3.83. The molecule has 0 aliphatic carbocycles. The smallest absolute Gasteiger partial charge is 0.225 e. The number of likely N-dealkylation sites (tertiary alicyclic amines) is 1. The van der Waals surface area contributed by atoms with E-state index in [9.17, 15) is 14.0 Å². The van der Waals surface area contributed by atoms with E-state index in [1.165, 1.54) is 12.1 Å². The summed E-state index contributed by atoms with van der Waals surface area (Å²) in [4.78, 5) is 25.7. The zero-order chi connectivity index (χ0) is 16.3. The molecule has 1 aromatic rings. The largest absolute Gasteiger partial charge is 0.351 e. The molecule has 1 aliphatic rings. The van der Waals surface area contributed by atoms with Crippen molar-refractivity contribution < 1.29 is 14.0 Å². The zero-order valence-electron chi connectivity index (χ0n) is 13.4. The lowest BCUT2D eigenvalue weighted by Gasteiger charge is -2.32. The number of carbonyl (C=O) groups excluding carboxylic acids is 2. The van der Waals surface area contributed by atoms with Gasteiger partial charge in [-0.25, -0.2) is 4.39 Å². The van der Waals surface area contributed by atoms with Gasteiger partial charge in [0.25, 0.3) is 0 Å². The summed E-state index contributed by atoms with van der Waals surface area (Å²) in [7, 11) is 0. The van der Waals surface area contributed by atoms with E-state index in [1.54, 1.807) is 17.0 Å². The van der Waals surface area contributed by atoms with E-state index in [2.05, 4.69) is 5.32 Å². The topological polar surface area (TPSA) is 49.4 Å². The minimum Gasteiger partial charge on any atom is -0.351 e. The fourth-order valence-corrected chi connectivity index (χ4v) is 2.70. The van der Waals surface area contributed by atoms with Crippen LogP contribution in [0.5, 0.6) is 0 Å². The molecule has 1 unspecified atom stereocenters. The van der Waals surface area contributed by atoms with Crippen molar-refractivity contribution in [3.63, 3.8) is 0 Å². The summed E-state index contributed by atoms with van der Waals surface area (Å²) < 4.78 is 13.1. The van der Waals surface area contributed by atoms with Crippen LogP contribution in [0.4, 0.5) is 4.39 Å². The Morgan fingerprint density at radius 1 is 1.41 bits per heavy atom. The minimum atomic E-state index is -0.292. The van der Waals surface area contributed by atoms with E-state index >= 15 is 0 Å². The van der Waals surface area contributed by atoms with Crippen molar-refractivity contribution in [1.82, 2.24) is 10.2 Å². The number of hydrogen-bond donors (Lipinski definition) is 1. The Morgan fingerprint density at radius 2 is 2.14 bits per heavy atom. The van der Waals surface area contributed by atoms with Crippen LogP contribution in [0.1, 0.15) is 39.2 Å². The lowest BCUT2D eigenvalue weighted by molar-refractivity contribution is -0.131. The minimum absolute atomic E-state index is 0.0722. The first-order chi connectivity index (χ1) is 10.3. The Kier molecular flexibility index (Phi) is 4.84. The molecule has 2 amide bonds. The molecule has 0 radical (unpaired) electrons. The van der Waals surface area contributed by atoms with E-state index in [1.807, 2.05) is 20.8 Å². The number of hydrogen-bond acceptors (Lipinski definition) is 2. The third-order valence-electron chi connectivity index (χ3n) is 3.83. The van der Waals surface area contributed by atoms with Crippen molar-refractivity contribution in [2.75, 3.05) is 6.54 Å². The number of aryl methyl sites for hydroxylation is 1. The number of amides is 2. The van der Waals surface area contributed by atoms with Crippen LogP contribution in [-0.4, -0.2) is 34.8 Å². The van der Waals surface area contributed by atoms with E-state index in [0.717, 1.165) is 5.56 Å². The molecular formula is C17H23FN2O2. The van der Waals surface area contributed by atoms with Crippen LogP contribution in [0.3, 0.4) is 0 Å². The summed E-state index contributed by atoms with van der Waals surface area (Å²) in [5, 5.41) is 2.90. The predicted octanol–water partition coefficient (Wildman–Crippen LogP) is 2.27. The van der Waals surface area contributed by atoms with Gasteiger partial charge in [-0.15, -0.1) is 0 Å². The summed E-state index contributed by atoms with van der Waals surface area (Å²) in [6.07, 6.45) is 1.14. The van der Waals surface area contributed by atoms with Gasteiger partial charge < -0.3 is 10.2 Å². The molecule has 0 saturated carbocycles. The second-order valence-electron chi connectivity index (χ2n) is 6.77. The van der Waals surface area contributed by atoms with Gasteiger partial charge in [-0.3, -0.25) is 9.59 Å². The normalized spacial score (nSPS) is 18.6. The van der Waals surface area contributed by atoms with Crippen molar-refractivity contribution in [2.24, 2.45) is 0 Å². The van der Waals surface area contributed by atoms with Crippen molar-refractivity contribution in [3.05, 3.63) is 35.6 Å². The van der Waals surface area contributed by atoms with Gasteiger partial charge in [0.2, 0.25) is 11.8 Å². The highest BCUT2D eigenvalue weighted by molar-refractivity contribution is 5.82. The molecule has 120 valence electrons. The first kappa shape index (κ1) is 16.5. The van der Waals surface area contributed by atoms with E-state index in [0.29, 0.717) is 25.8 Å². The summed E-state index contributed by atoms with van der Waals surface area (Å²) in [6.45, 7) is 6.51. The van der Waals surface area contributed by atoms with Gasteiger partial charge in [0, 0.05) is 24.9 Å². The molecule has 0 spiro atoms. The van der Waals surface area contributed by atoms with Crippen molar-refractivity contribution >= 4 is 11.8 Å². The van der Waals surface area contributed by atoms with Crippen molar-refractivity contribution in [1.29, 1.82) is 0 Å². The number of rotatable bonds is 4. The second-order valence-corrected chi connectivity index (χ2v) is 6.77. The van der Waals surface area contributed by atoms with Crippen LogP contribution < -0.4 is 5.32 Å². The molecule has 2 rings (SSSR count). The number of halogens is 1. The molecule has 1 heterocycles. The average Bonchev–Trinajstić information content (AvgIpc) is 2.77. The summed E-state index contributed by atoms with van der Waals surface area (Å²) in [5.41, 5.74) is 0.576. The lowest BCUT2D eigenvalue weighted by atomic mass is 10.1. The number of benzene rings is 1. The monoisotopic (exact) mass is 306 g/mol. The molecule has 1 N–H and O–H groups in total. The van der Waals surface area contributed by atoms with Crippen molar-refractivity contribution in [2.45, 2.75) is 51.6 Å². The molecule has 1 saturated heterocycles. The van der Waals surface area contributed by atoms with Crippen LogP contribution in [0.2, 0.25) is 0 Å². The summed E-state index contributed by atoms with van der Waals surface area (Å²) in [5.74, 6) is -0.319. The molecule has 22 heavy (non-hydrogen) atoms. The molecule has 4 nitrogen and oxygen atoms in total. The predicted molar refractivity (Wildman–Crippen MR) is 82.7 cm³/mol. The van der Waals surface area contributed by atoms with Gasteiger partial charge >= 0.3 is 0 Å². The Morgan fingerprint density at radius 3 is 2.73 bits per heavy atom. The maximum atomic E-state index is 13.1. The molecule has 0 bridgehead atoms. The standard InChI is InChI=1S/C17H23FN2O2/c1-17(2,3)20-11-14(10-16(20)22)19-15(21)8-7-12-5-4-6-13(18)9-12/h4-6,9,14H,7-8,10-11H2,1-3H3,(H,19,21). The van der Waals surface area contributed by atoms with Crippen molar-refractivity contribution in [3.8, 4) is 0 Å². The quantitative estimate of drug-likeness (QED) is 0.928. The molecule has 5 heteroatoms. The van der Waals surface area contributed by atoms with Crippen LogP contribution in [0.15, 0.2) is 24.3 Å². The Bertz CT molecular complexity index is 566. The SMILES string of the molecule is CC(C)(C)N1CC(NC(=O)CCc2cccc(F)c2)CC1=O. The number of nitrogens with zero attached hydrogens (tertiary/aromatic N) is 1. The second kappa shape index (κ2) is 6.46. The maximum Gasteiger partial charge on any atom is 0.225 e. The lowest BCUT2D eigenvalue weighted by Crippen LogP contribution is -2.44. The van der Waals surface area contributed by atoms with E-state index < -0.39 is 0 Å². The van der Waals surface area contributed by atoms with Crippen LogP contribution in [-0.2, 0) is 16.0 Å². The van der Waals surface area contributed by atoms with Gasteiger partial charge in [-0.05, 0) is 44.9 Å². The molecule has 1 aromatic carbocycles. The Balaban J connectivity index is 1.82. The highest BCUT2D eigenvalue weighted by atomic mass is 19.1. The van der Waals surface area contributed by atoms with Crippen LogP contribution >= 0.6 is 0 Å². The molecular weight excluding hydrogens is 283 g/mol. The fourth-order valence-electron chi connectivity index (χ4n) is 2.70. The van der Waals surface area contributed by atoms with Gasteiger partial charge in [0.05, 0.1) is 6.04 Å². The van der Waals surface area contributed by atoms with Crippen LogP contribution in [0.25, 0.3) is 0 Å². The van der Waals surface area contributed by atoms with Gasteiger partial charge in [-0.1, -0.05) is 12.1 Å². The summed E-state index contributed by atoms with van der Waals surface area (Å²) >= 11 is 0. The molecule has 1 atom stereocenters. The molecule has 0 aromatic heterocycles. The molecule has 1 fully saturated rings. The first-order valence-electron chi connectivity index (χ1n) is 7.60. The number of carbonyl (C=O) groups is 2. The van der Waals surface area contributed by atoms with Gasteiger partial charge in [0.15, 0.2) is 0 Å². The zero-order valence-corrected chi connectivity index (χ0v) is 13.4. The van der Waals surface area contributed by atoms with E-state index in [-0.39, 0.29) is 29.2 Å². The first-order valence-corrected chi connectivity index (χ1v) is 7.60. The third kappa shape index (κ3) is 4.29. The highest BCUT2D eigenvalue weighted by Crippen LogP contribution is 2.21. The van der Waals surface area contributed by atoms with E-state index in [4.69, 9.17) is 0 Å². The van der Waals surface area contributed by atoms with Gasteiger partial charge in [-0.2, -0.15) is 0 Å². The fraction of sp³-hybridized carbons (Fsp3) is 0.529. The Hall–Kier alpha value is -1.91.